The third-order valence-electron chi connectivity index (χ3n) is 3.00. The summed E-state index contributed by atoms with van der Waals surface area (Å²) >= 11 is 10.0. The Balaban J connectivity index is 2.36. The highest BCUT2D eigenvalue weighted by Crippen LogP contribution is 2.43. The summed E-state index contributed by atoms with van der Waals surface area (Å²) in [6, 6.07) is 8.80. The molecule has 0 spiro atoms. The van der Waals surface area contributed by atoms with E-state index in [9.17, 15) is 9.90 Å². The Kier molecular flexibility index (Phi) is 3.90. The molecule has 0 atom stereocenters. The van der Waals surface area contributed by atoms with E-state index in [1.165, 1.54) is 0 Å². The van der Waals surface area contributed by atoms with E-state index in [-0.39, 0.29) is 11.3 Å². The average Bonchev–Trinajstić information content (AvgIpc) is 2.45. The number of aromatic amines is 1. The van der Waals surface area contributed by atoms with E-state index in [4.69, 9.17) is 0 Å². The summed E-state index contributed by atoms with van der Waals surface area (Å²) in [7, 11) is 0. The standard InChI is InChI=1S/C14H7Br3N2O2/c15-7-5-8(16)12(20)11(17)10(7)13-18-9-4-2-1-3-6(9)14(21)19-13/h1-5,20H,(H,18,19,21). The van der Waals surface area contributed by atoms with E-state index in [0.29, 0.717) is 35.7 Å². The van der Waals surface area contributed by atoms with Gasteiger partial charge in [-0.25, -0.2) is 4.98 Å². The number of fused-ring (bicyclic) bond motifs is 1. The first-order valence-electron chi connectivity index (χ1n) is 5.85. The summed E-state index contributed by atoms with van der Waals surface area (Å²) in [5.41, 5.74) is 0.952. The molecule has 4 nitrogen and oxygen atoms in total. The molecule has 21 heavy (non-hydrogen) atoms. The Hall–Kier alpha value is -1.18. The van der Waals surface area contributed by atoms with Gasteiger partial charge in [0.25, 0.3) is 5.56 Å². The van der Waals surface area contributed by atoms with E-state index in [1.807, 2.05) is 6.07 Å². The molecule has 0 aliphatic rings. The molecular formula is C14H7Br3N2O2. The number of phenols is 1. The summed E-state index contributed by atoms with van der Waals surface area (Å²) in [5, 5.41) is 10.5. The van der Waals surface area contributed by atoms with Gasteiger partial charge in [-0.2, -0.15) is 0 Å². The number of nitrogens with zero attached hydrogens (tertiary/aromatic N) is 1. The SMILES string of the molecule is O=c1[nH]c(-c2c(Br)cc(Br)c(O)c2Br)nc2ccccc12. The number of hydrogen-bond acceptors (Lipinski definition) is 3. The molecule has 0 saturated carbocycles. The molecule has 2 aromatic carbocycles. The van der Waals surface area contributed by atoms with Crippen molar-refractivity contribution in [2.45, 2.75) is 0 Å². The lowest BCUT2D eigenvalue weighted by Crippen LogP contribution is -2.09. The first-order chi connectivity index (χ1) is 9.99. The maximum Gasteiger partial charge on any atom is 0.259 e. The minimum atomic E-state index is -0.225. The number of halogens is 3. The molecule has 3 rings (SSSR count). The van der Waals surface area contributed by atoms with Gasteiger partial charge >= 0.3 is 0 Å². The highest BCUT2D eigenvalue weighted by Gasteiger charge is 2.17. The second-order valence-corrected chi connectivity index (χ2v) is 6.81. The van der Waals surface area contributed by atoms with E-state index in [2.05, 4.69) is 57.8 Å². The van der Waals surface area contributed by atoms with Gasteiger partial charge in [0, 0.05) is 10.0 Å². The van der Waals surface area contributed by atoms with E-state index < -0.39 is 0 Å². The maximum atomic E-state index is 12.1. The molecule has 0 saturated heterocycles. The number of rotatable bonds is 1. The Labute approximate surface area is 144 Å². The Morgan fingerprint density at radius 2 is 1.81 bits per heavy atom. The normalized spacial score (nSPS) is 11.0. The van der Waals surface area contributed by atoms with Crippen LogP contribution in [0.4, 0.5) is 0 Å². The molecule has 3 aromatic rings. The Bertz CT molecular complexity index is 922. The number of nitrogens with one attached hydrogen (secondary N) is 1. The van der Waals surface area contributed by atoms with Crippen LogP contribution in [0.2, 0.25) is 0 Å². The molecule has 0 unspecified atom stereocenters. The van der Waals surface area contributed by atoms with Gasteiger partial charge in [0.05, 0.1) is 19.8 Å². The molecule has 1 heterocycles. The molecule has 0 amide bonds. The van der Waals surface area contributed by atoms with Gasteiger partial charge in [-0.15, -0.1) is 0 Å². The van der Waals surface area contributed by atoms with Gasteiger partial charge in [-0.3, -0.25) is 4.79 Å². The molecule has 0 aliphatic heterocycles. The molecule has 1 aromatic heterocycles. The number of para-hydroxylation sites is 1. The molecule has 2 N–H and O–H groups in total. The van der Waals surface area contributed by atoms with Crippen LogP contribution in [0, 0.1) is 0 Å². The van der Waals surface area contributed by atoms with Crippen molar-refractivity contribution in [3.63, 3.8) is 0 Å². The fourth-order valence-corrected chi connectivity index (χ4v) is 4.50. The fourth-order valence-electron chi connectivity index (χ4n) is 2.00. The van der Waals surface area contributed by atoms with Crippen molar-refractivity contribution in [2.24, 2.45) is 0 Å². The van der Waals surface area contributed by atoms with E-state index in [0.717, 1.165) is 0 Å². The second kappa shape index (κ2) is 5.55. The highest BCUT2D eigenvalue weighted by atomic mass is 79.9. The first kappa shape index (κ1) is 14.7. The van der Waals surface area contributed by atoms with Crippen LogP contribution in [0.3, 0.4) is 0 Å². The zero-order chi connectivity index (χ0) is 15.1. The lowest BCUT2D eigenvalue weighted by molar-refractivity contribution is 0.468. The number of H-pyrrole nitrogens is 1. The van der Waals surface area contributed by atoms with Crippen LogP contribution in [0.1, 0.15) is 0 Å². The number of phenolic OH excluding ortho intramolecular Hbond substituents is 1. The van der Waals surface area contributed by atoms with Gasteiger partial charge in [0.1, 0.15) is 11.6 Å². The molecule has 0 radical (unpaired) electrons. The summed E-state index contributed by atoms with van der Waals surface area (Å²) in [4.78, 5) is 19.3. The monoisotopic (exact) mass is 472 g/mol. The van der Waals surface area contributed by atoms with Crippen molar-refractivity contribution >= 4 is 58.7 Å². The quantitative estimate of drug-likeness (QED) is 0.542. The number of aromatic nitrogens is 2. The summed E-state index contributed by atoms with van der Waals surface area (Å²) in [6.07, 6.45) is 0. The van der Waals surface area contributed by atoms with Crippen LogP contribution < -0.4 is 5.56 Å². The predicted molar refractivity (Wildman–Crippen MR) is 92.6 cm³/mol. The third-order valence-corrected chi connectivity index (χ3v) is 5.00. The molecular weight excluding hydrogens is 468 g/mol. The zero-order valence-electron chi connectivity index (χ0n) is 10.3. The fraction of sp³-hybridized carbons (Fsp3) is 0. The largest absolute Gasteiger partial charge is 0.506 e. The second-order valence-electron chi connectivity index (χ2n) is 4.31. The average molecular weight is 475 g/mol. The molecule has 0 fully saturated rings. The van der Waals surface area contributed by atoms with Gasteiger partial charge in [-0.1, -0.05) is 12.1 Å². The van der Waals surface area contributed by atoms with Crippen molar-refractivity contribution in [2.75, 3.05) is 0 Å². The predicted octanol–water partition coefficient (Wildman–Crippen LogP) is 4.58. The van der Waals surface area contributed by atoms with Crippen molar-refractivity contribution < 1.29 is 5.11 Å². The lowest BCUT2D eigenvalue weighted by Gasteiger charge is -2.10. The first-order valence-corrected chi connectivity index (χ1v) is 8.23. The van der Waals surface area contributed by atoms with Crippen molar-refractivity contribution in [3.8, 4) is 17.1 Å². The minimum absolute atomic E-state index is 0.0454. The topological polar surface area (TPSA) is 66.0 Å². The molecule has 7 heteroatoms. The van der Waals surface area contributed by atoms with Crippen molar-refractivity contribution in [1.29, 1.82) is 0 Å². The molecule has 106 valence electrons. The number of benzene rings is 2. The summed E-state index contributed by atoms with van der Waals surface area (Å²) < 4.78 is 1.67. The summed E-state index contributed by atoms with van der Waals surface area (Å²) in [6.45, 7) is 0. The lowest BCUT2D eigenvalue weighted by atomic mass is 10.2. The van der Waals surface area contributed by atoms with Gasteiger partial charge in [0.2, 0.25) is 0 Å². The van der Waals surface area contributed by atoms with E-state index in [1.54, 1.807) is 24.3 Å². The Morgan fingerprint density at radius 3 is 2.57 bits per heavy atom. The van der Waals surface area contributed by atoms with Gasteiger partial charge in [-0.05, 0) is 66.0 Å². The van der Waals surface area contributed by atoms with Gasteiger partial charge in [0.15, 0.2) is 0 Å². The van der Waals surface area contributed by atoms with Crippen LogP contribution in [0.5, 0.6) is 5.75 Å². The maximum absolute atomic E-state index is 12.1. The smallest absolute Gasteiger partial charge is 0.259 e. The molecule has 0 bridgehead atoms. The minimum Gasteiger partial charge on any atom is -0.506 e. The number of hydrogen-bond donors (Lipinski definition) is 2. The van der Waals surface area contributed by atoms with Crippen LogP contribution in [-0.2, 0) is 0 Å². The van der Waals surface area contributed by atoms with Crippen LogP contribution in [0.25, 0.3) is 22.3 Å². The highest BCUT2D eigenvalue weighted by molar-refractivity contribution is 9.11. The van der Waals surface area contributed by atoms with Gasteiger partial charge < -0.3 is 10.1 Å². The Morgan fingerprint density at radius 1 is 1.10 bits per heavy atom. The zero-order valence-corrected chi connectivity index (χ0v) is 15.1. The molecule has 0 aliphatic carbocycles. The third kappa shape index (κ3) is 2.54. The van der Waals surface area contributed by atoms with Crippen molar-refractivity contribution in [3.05, 3.63) is 54.1 Å². The van der Waals surface area contributed by atoms with Crippen molar-refractivity contribution in [1.82, 2.24) is 9.97 Å². The summed E-state index contributed by atoms with van der Waals surface area (Å²) in [5.74, 6) is 0.421. The number of aromatic hydroxyl groups is 1. The van der Waals surface area contributed by atoms with Crippen LogP contribution in [-0.4, -0.2) is 15.1 Å². The van der Waals surface area contributed by atoms with Crippen LogP contribution in [0.15, 0.2) is 48.5 Å². The van der Waals surface area contributed by atoms with E-state index >= 15 is 0 Å². The van der Waals surface area contributed by atoms with Crippen LogP contribution >= 0.6 is 47.8 Å².